The van der Waals surface area contributed by atoms with Crippen molar-refractivity contribution in [3.8, 4) is 0 Å². The second-order valence-electron chi connectivity index (χ2n) is 5.75. The summed E-state index contributed by atoms with van der Waals surface area (Å²) in [7, 11) is 0. The molecule has 2 aromatic carbocycles. The van der Waals surface area contributed by atoms with Gasteiger partial charge >= 0.3 is 5.97 Å². The van der Waals surface area contributed by atoms with E-state index in [2.05, 4.69) is 39.2 Å². The number of nitrogens with one attached hydrogen (secondary N) is 1. The van der Waals surface area contributed by atoms with Crippen LogP contribution in [0.15, 0.2) is 66.9 Å². The van der Waals surface area contributed by atoms with Crippen LogP contribution in [0.5, 0.6) is 0 Å². The van der Waals surface area contributed by atoms with E-state index in [1.54, 1.807) is 36.5 Å². The predicted octanol–water partition coefficient (Wildman–Crippen LogP) is 3.94. The molecule has 1 aromatic heterocycles. The van der Waals surface area contributed by atoms with Gasteiger partial charge in [0.25, 0.3) is 0 Å². The minimum atomic E-state index is -0.961. The maximum Gasteiger partial charge on any atom is 0.335 e. The molecule has 0 aliphatic carbocycles. The van der Waals surface area contributed by atoms with Gasteiger partial charge < -0.3 is 15.3 Å². The summed E-state index contributed by atoms with van der Waals surface area (Å²) in [6, 6.07) is 18.5. The number of aromatic nitrogens is 2. The number of nitrogens with zero attached hydrogens (tertiary/aromatic N) is 3. The third-order valence-electron chi connectivity index (χ3n) is 3.91. The Bertz CT molecular complexity index is 884. The number of hydrogen-bond donors (Lipinski definition) is 2. The second kappa shape index (κ2) is 8.11. The van der Waals surface area contributed by atoms with Crippen molar-refractivity contribution in [2.75, 3.05) is 16.8 Å². The number of carboxylic acid groups (broad SMARTS) is 1. The summed E-state index contributed by atoms with van der Waals surface area (Å²) >= 11 is 0. The Kier molecular flexibility index (Phi) is 5.43. The lowest BCUT2D eigenvalue weighted by atomic mass is 10.2. The van der Waals surface area contributed by atoms with E-state index in [1.807, 2.05) is 18.2 Å². The Hall–Kier alpha value is -3.41. The molecule has 0 unspecified atom stereocenters. The Labute approximate surface area is 152 Å². The Morgan fingerprint density at radius 1 is 1.12 bits per heavy atom. The molecule has 0 aliphatic rings. The van der Waals surface area contributed by atoms with E-state index in [0.717, 1.165) is 13.1 Å². The van der Waals surface area contributed by atoms with E-state index >= 15 is 0 Å². The molecule has 0 spiro atoms. The van der Waals surface area contributed by atoms with E-state index in [1.165, 1.54) is 5.56 Å². The van der Waals surface area contributed by atoms with Crippen molar-refractivity contribution < 1.29 is 9.90 Å². The highest BCUT2D eigenvalue weighted by atomic mass is 16.4. The summed E-state index contributed by atoms with van der Waals surface area (Å²) < 4.78 is 0. The van der Waals surface area contributed by atoms with E-state index in [0.29, 0.717) is 17.5 Å². The van der Waals surface area contributed by atoms with Gasteiger partial charge in [0.2, 0.25) is 5.95 Å². The van der Waals surface area contributed by atoms with Crippen LogP contribution in [-0.4, -0.2) is 27.6 Å². The summed E-state index contributed by atoms with van der Waals surface area (Å²) in [6.07, 6.45) is 1.69. The van der Waals surface area contributed by atoms with E-state index < -0.39 is 5.97 Å². The second-order valence-corrected chi connectivity index (χ2v) is 5.75. The molecule has 0 saturated carbocycles. The van der Waals surface area contributed by atoms with Crippen LogP contribution in [0, 0.1) is 0 Å². The monoisotopic (exact) mass is 348 g/mol. The van der Waals surface area contributed by atoms with Gasteiger partial charge in [-0.25, -0.2) is 9.78 Å². The first kappa shape index (κ1) is 17.4. The quantitative estimate of drug-likeness (QED) is 0.673. The van der Waals surface area contributed by atoms with Crippen LogP contribution >= 0.6 is 0 Å². The van der Waals surface area contributed by atoms with Gasteiger partial charge in [-0.3, -0.25) is 0 Å². The number of benzene rings is 2. The van der Waals surface area contributed by atoms with Crippen LogP contribution in [0.3, 0.4) is 0 Å². The van der Waals surface area contributed by atoms with Gasteiger partial charge in [-0.05, 0) is 36.8 Å². The van der Waals surface area contributed by atoms with E-state index in [9.17, 15) is 4.79 Å². The van der Waals surface area contributed by atoms with Gasteiger partial charge in [0.05, 0.1) is 5.56 Å². The van der Waals surface area contributed by atoms with Crippen LogP contribution in [0.4, 0.5) is 17.5 Å². The first-order valence-electron chi connectivity index (χ1n) is 8.38. The zero-order valence-corrected chi connectivity index (χ0v) is 14.5. The number of carbonyl (C=O) groups is 1. The standard InChI is InChI=1S/C20H20N4O2/c1-2-24(14-15-7-4-3-5-8-15)20-21-12-11-18(23-20)22-17-10-6-9-16(13-17)19(25)26/h3-13H,2,14H2,1H3,(H,25,26)(H,21,22,23). The summed E-state index contributed by atoms with van der Waals surface area (Å²) in [6.45, 7) is 3.55. The molecule has 2 N–H and O–H groups in total. The van der Waals surface area contributed by atoms with Gasteiger partial charge in [0.15, 0.2) is 0 Å². The molecular weight excluding hydrogens is 328 g/mol. The van der Waals surface area contributed by atoms with Crippen molar-refractivity contribution in [2.45, 2.75) is 13.5 Å². The highest BCUT2D eigenvalue weighted by molar-refractivity contribution is 5.89. The topological polar surface area (TPSA) is 78.4 Å². The van der Waals surface area contributed by atoms with Gasteiger partial charge in [0.1, 0.15) is 5.82 Å². The van der Waals surface area contributed by atoms with Crippen molar-refractivity contribution in [2.24, 2.45) is 0 Å². The smallest absolute Gasteiger partial charge is 0.335 e. The number of aromatic carboxylic acids is 1. The maximum absolute atomic E-state index is 11.1. The lowest BCUT2D eigenvalue weighted by Crippen LogP contribution is -2.24. The predicted molar refractivity (Wildman–Crippen MR) is 102 cm³/mol. The molecule has 0 bridgehead atoms. The minimum Gasteiger partial charge on any atom is -0.478 e. The fourth-order valence-electron chi connectivity index (χ4n) is 2.58. The maximum atomic E-state index is 11.1. The molecule has 0 fully saturated rings. The first-order valence-corrected chi connectivity index (χ1v) is 8.38. The van der Waals surface area contributed by atoms with Gasteiger partial charge in [0, 0.05) is 25.0 Å². The summed E-state index contributed by atoms with van der Waals surface area (Å²) in [5, 5.41) is 12.2. The third kappa shape index (κ3) is 4.36. The Balaban J connectivity index is 1.78. The number of anilines is 3. The number of carboxylic acids is 1. The Morgan fingerprint density at radius 3 is 2.65 bits per heavy atom. The normalized spacial score (nSPS) is 10.3. The minimum absolute atomic E-state index is 0.226. The third-order valence-corrected chi connectivity index (χ3v) is 3.91. The van der Waals surface area contributed by atoms with E-state index in [4.69, 9.17) is 5.11 Å². The fourth-order valence-corrected chi connectivity index (χ4v) is 2.58. The summed E-state index contributed by atoms with van der Waals surface area (Å²) in [5.74, 6) is 0.275. The zero-order chi connectivity index (χ0) is 18.4. The van der Waals surface area contributed by atoms with Crippen molar-refractivity contribution >= 4 is 23.4 Å². The van der Waals surface area contributed by atoms with Gasteiger partial charge in [-0.2, -0.15) is 4.98 Å². The highest BCUT2D eigenvalue weighted by Crippen LogP contribution is 2.19. The van der Waals surface area contributed by atoms with Crippen molar-refractivity contribution in [3.63, 3.8) is 0 Å². The van der Waals surface area contributed by atoms with Crippen LogP contribution in [0.2, 0.25) is 0 Å². The number of rotatable bonds is 7. The summed E-state index contributed by atoms with van der Waals surface area (Å²) in [5.41, 5.74) is 2.08. The van der Waals surface area contributed by atoms with Crippen molar-refractivity contribution in [1.29, 1.82) is 0 Å². The van der Waals surface area contributed by atoms with Crippen LogP contribution in [0.25, 0.3) is 0 Å². The van der Waals surface area contributed by atoms with Crippen molar-refractivity contribution in [1.82, 2.24) is 9.97 Å². The first-order chi connectivity index (χ1) is 12.7. The highest BCUT2D eigenvalue weighted by Gasteiger charge is 2.10. The fraction of sp³-hybridized carbons (Fsp3) is 0.150. The van der Waals surface area contributed by atoms with Crippen LogP contribution < -0.4 is 10.2 Å². The molecule has 6 heteroatoms. The van der Waals surface area contributed by atoms with E-state index in [-0.39, 0.29) is 5.56 Å². The molecule has 0 atom stereocenters. The molecule has 132 valence electrons. The average molecular weight is 348 g/mol. The van der Waals surface area contributed by atoms with Crippen molar-refractivity contribution in [3.05, 3.63) is 78.0 Å². The lowest BCUT2D eigenvalue weighted by molar-refractivity contribution is 0.0697. The van der Waals surface area contributed by atoms with Gasteiger partial charge in [-0.15, -0.1) is 0 Å². The van der Waals surface area contributed by atoms with Crippen LogP contribution in [0.1, 0.15) is 22.8 Å². The molecule has 0 saturated heterocycles. The zero-order valence-electron chi connectivity index (χ0n) is 14.5. The molecule has 26 heavy (non-hydrogen) atoms. The molecule has 0 aliphatic heterocycles. The largest absolute Gasteiger partial charge is 0.478 e. The molecule has 3 rings (SSSR count). The number of hydrogen-bond acceptors (Lipinski definition) is 5. The average Bonchev–Trinajstić information content (AvgIpc) is 2.67. The molecule has 6 nitrogen and oxygen atoms in total. The molecule has 1 heterocycles. The lowest BCUT2D eigenvalue weighted by Gasteiger charge is -2.21. The Morgan fingerprint density at radius 2 is 1.92 bits per heavy atom. The molecule has 3 aromatic rings. The molecule has 0 amide bonds. The van der Waals surface area contributed by atoms with Gasteiger partial charge in [-0.1, -0.05) is 36.4 Å². The summed E-state index contributed by atoms with van der Waals surface area (Å²) in [4.78, 5) is 22.1. The molecular formula is C20H20N4O2. The van der Waals surface area contributed by atoms with Crippen LogP contribution in [-0.2, 0) is 6.54 Å². The SMILES string of the molecule is CCN(Cc1ccccc1)c1nccc(Nc2cccc(C(=O)O)c2)n1. The molecule has 0 radical (unpaired) electrons.